The van der Waals surface area contributed by atoms with Gasteiger partial charge in [0.2, 0.25) is 0 Å². The fourth-order valence-corrected chi connectivity index (χ4v) is 1.90. The molecule has 1 aliphatic heterocycles. The highest BCUT2D eigenvalue weighted by atomic mass is 16.5. The SMILES string of the molecule is C#CC1(NC(C)(C)C)CCN(O)CC1. The second-order valence-corrected chi connectivity index (χ2v) is 5.06. The van der Waals surface area contributed by atoms with Crippen LogP contribution in [0.15, 0.2) is 0 Å². The summed E-state index contributed by atoms with van der Waals surface area (Å²) < 4.78 is 0. The van der Waals surface area contributed by atoms with Crippen LogP contribution in [-0.4, -0.2) is 34.4 Å². The van der Waals surface area contributed by atoms with Crippen molar-refractivity contribution in [2.75, 3.05) is 13.1 Å². The van der Waals surface area contributed by atoms with Crippen LogP contribution in [0.25, 0.3) is 0 Å². The number of terminal acetylenes is 1. The van der Waals surface area contributed by atoms with Gasteiger partial charge in [-0.3, -0.25) is 5.32 Å². The molecule has 1 fully saturated rings. The van der Waals surface area contributed by atoms with Gasteiger partial charge in [-0.25, -0.2) is 0 Å². The third-order valence-electron chi connectivity index (χ3n) is 2.48. The molecule has 1 saturated heterocycles. The molecule has 0 aromatic heterocycles. The Morgan fingerprint density at radius 3 is 2.21 bits per heavy atom. The zero-order chi connectivity index (χ0) is 10.8. The fourth-order valence-electron chi connectivity index (χ4n) is 1.90. The van der Waals surface area contributed by atoms with Crippen molar-refractivity contribution in [2.45, 2.75) is 44.7 Å². The molecular formula is C11H20N2O. The molecule has 0 spiro atoms. The summed E-state index contributed by atoms with van der Waals surface area (Å²) in [4.78, 5) is 0. The minimum Gasteiger partial charge on any atom is -0.314 e. The highest BCUT2D eigenvalue weighted by Crippen LogP contribution is 2.23. The molecule has 0 bridgehead atoms. The van der Waals surface area contributed by atoms with Crippen LogP contribution in [0.2, 0.25) is 0 Å². The van der Waals surface area contributed by atoms with Gasteiger partial charge in [-0.1, -0.05) is 5.92 Å². The van der Waals surface area contributed by atoms with Crippen LogP contribution in [0.3, 0.4) is 0 Å². The molecule has 3 nitrogen and oxygen atoms in total. The van der Waals surface area contributed by atoms with Crippen LogP contribution < -0.4 is 5.32 Å². The molecule has 0 aromatic carbocycles. The molecule has 2 N–H and O–H groups in total. The minimum absolute atomic E-state index is 0.0179. The predicted octanol–water partition coefficient (Wildman–Crippen LogP) is 1.23. The summed E-state index contributed by atoms with van der Waals surface area (Å²) in [5, 5.41) is 14.1. The van der Waals surface area contributed by atoms with E-state index in [4.69, 9.17) is 6.42 Å². The highest BCUT2D eigenvalue weighted by Gasteiger charge is 2.35. The first kappa shape index (κ1) is 11.5. The molecule has 0 atom stereocenters. The molecule has 1 aliphatic rings. The molecule has 14 heavy (non-hydrogen) atoms. The molecule has 1 rings (SSSR count). The lowest BCUT2D eigenvalue weighted by atomic mass is 9.86. The van der Waals surface area contributed by atoms with Gasteiger partial charge >= 0.3 is 0 Å². The van der Waals surface area contributed by atoms with Crippen molar-refractivity contribution in [3.05, 3.63) is 0 Å². The Morgan fingerprint density at radius 2 is 1.86 bits per heavy atom. The number of hydrogen-bond acceptors (Lipinski definition) is 3. The van der Waals surface area contributed by atoms with Crippen molar-refractivity contribution in [1.82, 2.24) is 10.4 Å². The first-order chi connectivity index (χ1) is 6.37. The molecule has 0 amide bonds. The summed E-state index contributed by atoms with van der Waals surface area (Å²) in [6, 6.07) is 0. The normalized spacial score (nSPS) is 23.1. The summed E-state index contributed by atoms with van der Waals surface area (Å²) in [7, 11) is 0. The molecule has 80 valence electrons. The van der Waals surface area contributed by atoms with E-state index in [1.807, 2.05) is 0 Å². The van der Waals surface area contributed by atoms with E-state index in [-0.39, 0.29) is 11.1 Å². The Balaban J connectivity index is 2.65. The van der Waals surface area contributed by atoms with Gasteiger partial charge < -0.3 is 5.21 Å². The molecule has 1 heterocycles. The van der Waals surface area contributed by atoms with Gasteiger partial charge in [-0.15, -0.1) is 6.42 Å². The standard InChI is InChI=1S/C11H20N2O/c1-5-11(12-10(2,3)4)6-8-13(14)9-7-11/h1,12,14H,6-9H2,2-4H3. The van der Waals surface area contributed by atoms with Gasteiger partial charge in [0.05, 0.1) is 5.54 Å². The average molecular weight is 196 g/mol. The topological polar surface area (TPSA) is 35.5 Å². The number of hydroxylamine groups is 2. The van der Waals surface area contributed by atoms with Gasteiger partial charge in [0.25, 0.3) is 0 Å². The zero-order valence-corrected chi connectivity index (χ0v) is 9.30. The van der Waals surface area contributed by atoms with Crippen molar-refractivity contribution in [2.24, 2.45) is 0 Å². The molecular weight excluding hydrogens is 176 g/mol. The predicted molar refractivity (Wildman–Crippen MR) is 57.0 cm³/mol. The first-order valence-corrected chi connectivity index (χ1v) is 5.08. The zero-order valence-electron chi connectivity index (χ0n) is 9.30. The van der Waals surface area contributed by atoms with Crippen LogP contribution in [0.5, 0.6) is 0 Å². The van der Waals surface area contributed by atoms with E-state index in [1.54, 1.807) is 0 Å². The second kappa shape index (κ2) is 3.90. The van der Waals surface area contributed by atoms with E-state index in [1.165, 1.54) is 5.06 Å². The third-order valence-corrected chi connectivity index (χ3v) is 2.48. The van der Waals surface area contributed by atoms with Gasteiger partial charge in [0, 0.05) is 18.6 Å². The van der Waals surface area contributed by atoms with Crippen LogP contribution in [0, 0.1) is 12.3 Å². The van der Waals surface area contributed by atoms with E-state index in [9.17, 15) is 5.21 Å². The Bertz CT molecular complexity index is 229. The lowest BCUT2D eigenvalue weighted by Gasteiger charge is -2.41. The maximum absolute atomic E-state index is 9.27. The largest absolute Gasteiger partial charge is 0.314 e. The molecule has 0 unspecified atom stereocenters. The second-order valence-electron chi connectivity index (χ2n) is 5.06. The minimum atomic E-state index is -0.239. The number of nitrogens with one attached hydrogen (secondary N) is 1. The Kier molecular flexibility index (Phi) is 3.20. The monoisotopic (exact) mass is 196 g/mol. The number of piperidine rings is 1. The Hall–Kier alpha value is -0.560. The van der Waals surface area contributed by atoms with Gasteiger partial charge in [0.15, 0.2) is 0 Å². The number of hydrogen-bond donors (Lipinski definition) is 2. The molecule has 0 saturated carbocycles. The lowest BCUT2D eigenvalue weighted by molar-refractivity contribution is -0.114. The van der Waals surface area contributed by atoms with Crippen molar-refractivity contribution in [3.8, 4) is 12.3 Å². The summed E-state index contributed by atoms with van der Waals surface area (Å²) in [6.45, 7) is 7.62. The van der Waals surface area contributed by atoms with Crippen molar-refractivity contribution in [3.63, 3.8) is 0 Å². The van der Waals surface area contributed by atoms with Crippen LogP contribution in [-0.2, 0) is 0 Å². The summed E-state index contributed by atoms with van der Waals surface area (Å²) in [5.74, 6) is 2.85. The summed E-state index contributed by atoms with van der Waals surface area (Å²) in [6.07, 6.45) is 7.18. The lowest BCUT2D eigenvalue weighted by Crippen LogP contribution is -2.57. The van der Waals surface area contributed by atoms with Crippen molar-refractivity contribution in [1.29, 1.82) is 0 Å². The summed E-state index contributed by atoms with van der Waals surface area (Å²) in [5.41, 5.74) is -0.221. The summed E-state index contributed by atoms with van der Waals surface area (Å²) >= 11 is 0. The van der Waals surface area contributed by atoms with Crippen LogP contribution in [0.4, 0.5) is 0 Å². The van der Waals surface area contributed by atoms with Crippen LogP contribution in [0.1, 0.15) is 33.6 Å². The maximum atomic E-state index is 9.27. The third kappa shape index (κ3) is 2.98. The number of rotatable bonds is 1. The van der Waals surface area contributed by atoms with E-state index in [0.29, 0.717) is 13.1 Å². The molecule has 0 aromatic rings. The maximum Gasteiger partial charge on any atom is 0.0828 e. The van der Waals surface area contributed by atoms with E-state index in [0.717, 1.165) is 12.8 Å². The quantitative estimate of drug-likeness (QED) is 0.619. The first-order valence-electron chi connectivity index (χ1n) is 5.08. The van der Waals surface area contributed by atoms with Gasteiger partial charge in [-0.05, 0) is 33.6 Å². The van der Waals surface area contributed by atoms with E-state index in [2.05, 4.69) is 32.0 Å². The number of nitrogens with zero attached hydrogens (tertiary/aromatic N) is 1. The van der Waals surface area contributed by atoms with Crippen LogP contribution >= 0.6 is 0 Å². The average Bonchev–Trinajstić information content (AvgIpc) is 2.07. The van der Waals surface area contributed by atoms with Crippen molar-refractivity contribution >= 4 is 0 Å². The molecule has 3 heteroatoms. The van der Waals surface area contributed by atoms with E-state index < -0.39 is 0 Å². The highest BCUT2D eigenvalue weighted by molar-refractivity contribution is 5.16. The fraction of sp³-hybridized carbons (Fsp3) is 0.818. The van der Waals surface area contributed by atoms with Gasteiger partial charge in [0.1, 0.15) is 0 Å². The molecule has 0 aliphatic carbocycles. The van der Waals surface area contributed by atoms with Crippen molar-refractivity contribution < 1.29 is 5.21 Å². The van der Waals surface area contributed by atoms with E-state index >= 15 is 0 Å². The Morgan fingerprint density at radius 1 is 1.36 bits per heavy atom. The smallest absolute Gasteiger partial charge is 0.0828 e. The molecule has 0 radical (unpaired) electrons. The Labute approximate surface area is 86.4 Å². The van der Waals surface area contributed by atoms with Gasteiger partial charge in [-0.2, -0.15) is 5.06 Å².